The molecule has 1 aliphatic rings. The molecule has 3 rings (SSSR count). The van der Waals surface area contributed by atoms with Crippen LogP contribution in [0.2, 0.25) is 0 Å². The van der Waals surface area contributed by atoms with Crippen molar-refractivity contribution in [3.63, 3.8) is 0 Å². The highest BCUT2D eigenvalue weighted by atomic mass is 32.1. The van der Waals surface area contributed by atoms with E-state index in [0.29, 0.717) is 10.9 Å². The molecule has 2 aromatic rings. The molecule has 19 heavy (non-hydrogen) atoms. The lowest BCUT2D eigenvalue weighted by molar-refractivity contribution is 0.202. The number of thiocarbonyl (C=S) groups is 1. The van der Waals surface area contributed by atoms with Crippen molar-refractivity contribution < 1.29 is 4.74 Å². The van der Waals surface area contributed by atoms with Gasteiger partial charge in [-0.05, 0) is 31.7 Å². The smallest absolute Gasteiger partial charge is 0.214 e. The molecular weight excluding hydrogens is 256 g/mol. The van der Waals surface area contributed by atoms with Gasteiger partial charge in [0.05, 0.1) is 5.52 Å². The van der Waals surface area contributed by atoms with Crippen LogP contribution in [-0.4, -0.2) is 16.1 Å². The molecule has 4 heteroatoms. The van der Waals surface area contributed by atoms with E-state index in [4.69, 9.17) is 22.7 Å². The van der Waals surface area contributed by atoms with E-state index in [1.54, 1.807) is 0 Å². The van der Waals surface area contributed by atoms with Gasteiger partial charge < -0.3 is 10.5 Å². The zero-order chi connectivity index (χ0) is 13.2. The van der Waals surface area contributed by atoms with Crippen LogP contribution in [0.15, 0.2) is 30.3 Å². The molecule has 0 saturated heterocycles. The number of ether oxygens (including phenoxy) is 1. The van der Waals surface area contributed by atoms with Crippen molar-refractivity contribution >= 4 is 28.1 Å². The summed E-state index contributed by atoms with van der Waals surface area (Å²) in [7, 11) is 0. The number of aromatic nitrogens is 1. The summed E-state index contributed by atoms with van der Waals surface area (Å²) in [5, 5.41) is 0.980. The minimum absolute atomic E-state index is 0.285. The first-order valence-corrected chi connectivity index (χ1v) is 7.01. The van der Waals surface area contributed by atoms with Gasteiger partial charge in [-0.25, -0.2) is 4.98 Å². The number of hydrogen-bond acceptors (Lipinski definition) is 3. The van der Waals surface area contributed by atoms with Crippen molar-refractivity contribution in [2.45, 2.75) is 31.8 Å². The first-order valence-electron chi connectivity index (χ1n) is 6.60. The zero-order valence-electron chi connectivity index (χ0n) is 10.6. The highest BCUT2D eigenvalue weighted by molar-refractivity contribution is 7.80. The van der Waals surface area contributed by atoms with Gasteiger partial charge in [-0.1, -0.05) is 30.4 Å². The predicted molar refractivity (Wildman–Crippen MR) is 80.5 cm³/mol. The zero-order valence-corrected chi connectivity index (χ0v) is 11.5. The Bertz CT molecular complexity index is 621. The summed E-state index contributed by atoms with van der Waals surface area (Å²) >= 11 is 5.13. The molecule has 1 aliphatic carbocycles. The number of nitrogens with two attached hydrogens (primary N) is 1. The maximum Gasteiger partial charge on any atom is 0.214 e. The summed E-state index contributed by atoms with van der Waals surface area (Å²) in [6, 6.07) is 9.72. The maximum absolute atomic E-state index is 5.95. The highest BCUT2D eigenvalue weighted by Crippen LogP contribution is 2.26. The lowest BCUT2D eigenvalue weighted by Gasteiger charge is -2.14. The second-order valence-corrected chi connectivity index (χ2v) is 5.35. The number of rotatable bonds is 3. The Morgan fingerprint density at radius 2 is 2.00 bits per heavy atom. The highest BCUT2D eigenvalue weighted by Gasteiger charge is 2.18. The van der Waals surface area contributed by atoms with Crippen LogP contribution in [0.1, 0.15) is 31.2 Å². The number of fused-ring (bicyclic) bond motifs is 1. The average Bonchev–Trinajstić information content (AvgIpc) is 2.90. The minimum Gasteiger partial charge on any atom is -0.474 e. The average molecular weight is 272 g/mol. The Morgan fingerprint density at radius 3 is 2.74 bits per heavy atom. The normalized spacial score (nSPS) is 15.8. The van der Waals surface area contributed by atoms with Crippen LogP contribution in [-0.2, 0) is 0 Å². The van der Waals surface area contributed by atoms with E-state index in [1.165, 1.54) is 12.8 Å². The van der Waals surface area contributed by atoms with E-state index >= 15 is 0 Å². The van der Waals surface area contributed by atoms with Crippen molar-refractivity contribution in [3.8, 4) is 5.88 Å². The van der Waals surface area contributed by atoms with Gasteiger partial charge in [-0.3, -0.25) is 0 Å². The summed E-state index contributed by atoms with van der Waals surface area (Å²) in [6.45, 7) is 0. The topological polar surface area (TPSA) is 48.1 Å². The molecule has 0 unspecified atom stereocenters. The summed E-state index contributed by atoms with van der Waals surface area (Å²) < 4.78 is 5.95. The van der Waals surface area contributed by atoms with Crippen LogP contribution in [0.5, 0.6) is 5.88 Å². The number of pyridine rings is 1. The van der Waals surface area contributed by atoms with E-state index in [1.807, 2.05) is 30.3 Å². The molecule has 1 fully saturated rings. The largest absolute Gasteiger partial charge is 0.474 e. The van der Waals surface area contributed by atoms with Crippen LogP contribution >= 0.6 is 12.2 Å². The molecule has 1 saturated carbocycles. The molecule has 3 nitrogen and oxygen atoms in total. The van der Waals surface area contributed by atoms with Gasteiger partial charge in [-0.15, -0.1) is 0 Å². The lowest BCUT2D eigenvalue weighted by atomic mass is 10.1. The third-order valence-electron chi connectivity index (χ3n) is 3.55. The molecule has 0 spiro atoms. The van der Waals surface area contributed by atoms with Crippen LogP contribution in [0.3, 0.4) is 0 Å². The Hall–Kier alpha value is -1.68. The first kappa shape index (κ1) is 12.4. The van der Waals surface area contributed by atoms with Gasteiger partial charge in [0.2, 0.25) is 5.88 Å². The molecule has 1 aromatic heterocycles. The van der Waals surface area contributed by atoms with Crippen LogP contribution < -0.4 is 10.5 Å². The van der Waals surface area contributed by atoms with Crippen molar-refractivity contribution in [2.75, 3.05) is 0 Å². The molecule has 1 heterocycles. The number of benzene rings is 1. The molecule has 0 radical (unpaired) electrons. The predicted octanol–water partition coefficient (Wildman–Crippen LogP) is 3.19. The van der Waals surface area contributed by atoms with Crippen LogP contribution in [0.4, 0.5) is 0 Å². The molecule has 0 aliphatic heterocycles. The van der Waals surface area contributed by atoms with Gasteiger partial charge in [0, 0.05) is 17.0 Å². The van der Waals surface area contributed by atoms with E-state index < -0.39 is 0 Å². The Kier molecular flexibility index (Phi) is 3.34. The molecule has 0 amide bonds. The summed E-state index contributed by atoms with van der Waals surface area (Å²) in [5.74, 6) is 0.633. The fraction of sp³-hybridized carbons (Fsp3) is 0.333. The monoisotopic (exact) mass is 272 g/mol. The lowest BCUT2D eigenvalue weighted by Crippen LogP contribution is -2.14. The van der Waals surface area contributed by atoms with Crippen LogP contribution in [0, 0.1) is 0 Å². The van der Waals surface area contributed by atoms with Gasteiger partial charge in [0.25, 0.3) is 0 Å². The summed E-state index contributed by atoms with van der Waals surface area (Å²) in [6.07, 6.45) is 4.97. The molecule has 0 bridgehead atoms. The van der Waals surface area contributed by atoms with E-state index in [0.717, 1.165) is 29.3 Å². The van der Waals surface area contributed by atoms with Gasteiger partial charge in [0.15, 0.2) is 0 Å². The third kappa shape index (κ3) is 2.54. The number of para-hydroxylation sites is 1. The fourth-order valence-electron chi connectivity index (χ4n) is 2.59. The molecule has 98 valence electrons. The minimum atomic E-state index is 0.285. The first-order chi connectivity index (χ1) is 9.24. The summed E-state index contributed by atoms with van der Waals surface area (Å²) in [5.41, 5.74) is 7.52. The van der Waals surface area contributed by atoms with Gasteiger partial charge in [-0.2, -0.15) is 0 Å². The van der Waals surface area contributed by atoms with E-state index in [2.05, 4.69) is 4.98 Å². The molecule has 0 atom stereocenters. The van der Waals surface area contributed by atoms with E-state index in [9.17, 15) is 0 Å². The van der Waals surface area contributed by atoms with Crippen molar-refractivity contribution in [2.24, 2.45) is 5.73 Å². The second kappa shape index (κ2) is 5.13. The Morgan fingerprint density at radius 1 is 1.26 bits per heavy atom. The summed E-state index contributed by atoms with van der Waals surface area (Å²) in [4.78, 5) is 4.93. The Balaban J connectivity index is 2.02. The van der Waals surface area contributed by atoms with Crippen molar-refractivity contribution in [1.82, 2.24) is 4.98 Å². The second-order valence-electron chi connectivity index (χ2n) is 4.91. The molecular formula is C15H16N2OS. The van der Waals surface area contributed by atoms with Crippen molar-refractivity contribution in [3.05, 3.63) is 35.9 Å². The third-order valence-corrected chi connectivity index (χ3v) is 3.77. The quantitative estimate of drug-likeness (QED) is 0.872. The van der Waals surface area contributed by atoms with Gasteiger partial charge in [0.1, 0.15) is 11.1 Å². The fourth-order valence-corrected chi connectivity index (χ4v) is 2.76. The SMILES string of the molecule is NC(=S)c1cc(OC2CCCC2)nc2ccccc12. The van der Waals surface area contributed by atoms with Gasteiger partial charge >= 0.3 is 0 Å². The number of nitrogens with zero attached hydrogens (tertiary/aromatic N) is 1. The standard InChI is InChI=1S/C15H16N2OS/c16-15(19)12-9-14(18-10-5-1-2-6-10)17-13-8-4-3-7-11(12)13/h3-4,7-10H,1-2,5-6H2,(H2,16,19). The van der Waals surface area contributed by atoms with E-state index in [-0.39, 0.29) is 6.10 Å². The molecule has 2 N–H and O–H groups in total. The maximum atomic E-state index is 5.95. The Labute approximate surface area is 117 Å². The number of hydrogen-bond donors (Lipinski definition) is 1. The molecule has 1 aromatic carbocycles. The van der Waals surface area contributed by atoms with Crippen molar-refractivity contribution in [1.29, 1.82) is 0 Å². The van der Waals surface area contributed by atoms with Crippen LogP contribution in [0.25, 0.3) is 10.9 Å².